The summed E-state index contributed by atoms with van der Waals surface area (Å²) < 4.78 is 0. The van der Waals surface area contributed by atoms with E-state index in [2.05, 4.69) is 65.3 Å². The summed E-state index contributed by atoms with van der Waals surface area (Å²) in [6, 6.07) is 25.0. The van der Waals surface area contributed by atoms with E-state index in [1.165, 1.54) is 16.3 Å². The Labute approximate surface area is 129 Å². The molecule has 0 radical (unpaired) electrons. The standard InChI is InChI=1S/C21H15N/c1-2-8-16(9-3-1)10-6-11-17-12-7-14-19-18-13-4-5-15-20(18)22-21(17)19/h1-5,7-15,22H. The maximum absolute atomic E-state index is 3.51. The van der Waals surface area contributed by atoms with Gasteiger partial charge in [-0.05, 0) is 23.8 Å². The van der Waals surface area contributed by atoms with Crippen molar-refractivity contribution in [2.24, 2.45) is 0 Å². The van der Waals surface area contributed by atoms with Gasteiger partial charge in [-0.2, -0.15) is 0 Å². The van der Waals surface area contributed by atoms with Crippen LogP contribution in [0.25, 0.3) is 34.0 Å². The highest BCUT2D eigenvalue weighted by molar-refractivity contribution is 6.09. The molecule has 1 heteroatoms. The Kier molecular flexibility index (Phi) is 3.12. The maximum atomic E-state index is 3.51. The highest BCUT2D eigenvalue weighted by Crippen LogP contribution is 2.27. The molecule has 0 aliphatic carbocycles. The molecule has 1 nitrogen and oxygen atoms in total. The molecule has 22 heavy (non-hydrogen) atoms. The molecule has 0 unspecified atom stereocenters. The van der Waals surface area contributed by atoms with Crippen molar-refractivity contribution >= 4 is 34.0 Å². The number of fused-ring (bicyclic) bond motifs is 3. The number of hydrogen-bond donors (Lipinski definition) is 1. The van der Waals surface area contributed by atoms with Crippen LogP contribution in [0.2, 0.25) is 0 Å². The van der Waals surface area contributed by atoms with Gasteiger partial charge >= 0.3 is 0 Å². The Balaban J connectivity index is 1.84. The van der Waals surface area contributed by atoms with E-state index in [4.69, 9.17) is 0 Å². The van der Waals surface area contributed by atoms with Crippen LogP contribution < -0.4 is 0 Å². The summed E-state index contributed by atoms with van der Waals surface area (Å²) in [5.74, 6) is 0. The van der Waals surface area contributed by atoms with Crippen molar-refractivity contribution in [3.63, 3.8) is 0 Å². The van der Waals surface area contributed by atoms with Crippen molar-refractivity contribution < 1.29 is 0 Å². The van der Waals surface area contributed by atoms with Gasteiger partial charge in [-0.25, -0.2) is 0 Å². The molecule has 3 aromatic carbocycles. The van der Waals surface area contributed by atoms with Crippen molar-refractivity contribution in [3.8, 4) is 0 Å². The normalized spacial score (nSPS) is 10.5. The first-order valence-corrected chi connectivity index (χ1v) is 7.39. The Hall–Kier alpha value is -3.02. The van der Waals surface area contributed by atoms with Gasteiger partial charge in [-0.1, -0.05) is 66.7 Å². The second-order valence-electron chi connectivity index (χ2n) is 5.31. The lowest BCUT2D eigenvalue weighted by Crippen LogP contribution is -1.74. The number of H-pyrrole nitrogens is 1. The lowest BCUT2D eigenvalue weighted by atomic mass is 10.1. The maximum Gasteiger partial charge on any atom is 0.0544 e. The van der Waals surface area contributed by atoms with Crippen LogP contribution in [0.5, 0.6) is 0 Å². The van der Waals surface area contributed by atoms with Crippen molar-refractivity contribution in [3.05, 3.63) is 89.7 Å². The van der Waals surface area contributed by atoms with Crippen LogP contribution >= 0.6 is 0 Å². The number of nitrogens with one attached hydrogen (secondary N) is 1. The summed E-state index contributed by atoms with van der Waals surface area (Å²) in [7, 11) is 0. The van der Waals surface area contributed by atoms with Crippen LogP contribution in [-0.4, -0.2) is 4.98 Å². The molecule has 0 aliphatic heterocycles. The van der Waals surface area contributed by atoms with Gasteiger partial charge in [0.25, 0.3) is 0 Å². The number of benzene rings is 3. The third-order valence-corrected chi connectivity index (χ3v) is 3.86. The van der Waals surface area contributed by atoms with Crippen LogP contribution in [0.1, 0.15) is 11.1 Å². The molecule has 0 bridgehead atoms. The third kappa shape index (κ3) is 2.24. The van der Waals surface area contributed by atoms with Gasteiger partial charge in [0.15, 0.2) is 0 Å². The molecule has 104 valence electrons. The van der Waals surface area contributed by atoms with Crippen LogP contribution in [-0.2, 0) is 0 Å². The van der Waals surface area contributed by atoms with E-state index >= 15 is 0 Å². The Bertz CT molecular complexity index is 1000. The Morgan fingerprint density at radius 2 is 1.45 bits per heavy atom. The summed E-state index contributed by atoms with van der Waals surface area (Å²) in [4.78, 5) is 3.51. The number of aromatic nitrogens is 1. The molecule has 1 aromatic heterocycles. The molecule has 0 spiro atoms. The van der Waals surface area contributed by atoms with E-state index in [9.17, 15) is 0 Å². The summed E-state index contributed by atoms with van der Waals surface area (Å²) in [6.07, 6.45) is 4.03. The number of hydrogen-bond acceptors (Lipinski definition) is 0. The van der Waals surface area contributed by atoms with E-state index in [1.807, 2.05) is 30.4 Å². The minimum atomic E-state index is 1.15. The van der Waals surface area contributed by atoms with Crippen molar-refractivity contribution in [2.75, 3.05) is 0 Å². The number of rotatable bonds is 2. The predicted molar refractivity (Wildman–Crippen MR) is 94.7 cm³/mol. The van der Waals surface area contributed by atoms with E-state index in [0.717, 1.165) is 16.6 Å². The zero-order chi connectivity index (χ0) is 14.8. The Morgan fingerprint density at radius 1 is 0.682 bits per heavy atom. The molecule has 4 rings (SSSR count). The fraction of sp³-hybridized carbons (Fsp3) is 0. The largest absolute Gasteiger partial charge is 0.354 e. The molecule has 1 heterocycles. The molecule has 0 fully saturated rings. The molecule has 0 aliphatic rings. The van der Waals surface area contributed by atoms with Crippen LogP contribution in [0, 0.1) is 0 Å². The van der Waals surface area contributed by atoms with Crippen molar-refractivity contribution in [1.29, 1.82) is 0 Å². The second-order valence-corrected chi connectivity index (χ2v) is 5.31. The quantitative estimate of drug-likeness (QED) is 0.457. The fourth-order valence-electron chi connectivity index (χ4n) is 2.79. The minimum absolute atomic E-state index is 1.15. The molecular weight excluding hydrogens is 266 g/mol. The topological polar surface area (TPSA) is 15.8 Å². The molecular formula is C21H15N. The highest BCUT2D eigenvalue weighted by Gasteiger charge is 2.05. The molecule has 0 saturated carbocycles. The minimum Gasteiger partial charge on any atom is -0.354 e. The Morgan fingerprint density at radius 3 is 2.36 bits per heavy atom. The average molecular weight is 281 g/mol. The molecule has 4 aromatic rings. The zero-order valence-corrected chi connectivity index (χ0v) is 12.1. The van der Waals surface area contributed by atoms with E-state index < -0.39 is 0 Å². The van der Waals surface area contributed by atoms with Crippen LogP contribution in [0.15, 0.2) is 78.5 Å². The van der Waals surface area contributed by atoms with Gasteiger partial charge in [-0.15, -0.1) is 5.73 Å². The smallest absolute Gasteiger partial charge is 0.0544 e. The van der Waals surface area contributed by atoms with Gasteiger partial charge in [0, 0.05) is 21.9 Å². The number of aromatic amines is 1. The summed E-state index contributed by atoms with van der Waals surface area (Å²) in [6.45, 7) is 0. The first-order valence-electron chi connectivity index (χ1n) is 7.39. The SMILES string of the molecule is C(=Cc1ccccc1)=Cc1cccc2c1[nH]c1ccccc12. The first kappa shape index (κ1) is 12.7. The van der Waals surface area contributed by atoms with E-state index in [0.29, 0.717) is 0 Å². The molecule has 1 N–H and O–H groups in total. The molecule has 0 saturated heterocycles. The van der Waals surface area contributed by atoms with Gasteiger partial charge in [0.05, 0.1) is 5.52 Å². The summed E-state index contributed by atoms with van der Waals surface area (Å²) in [5, 5.41) is 2.52. The average Bonchev–Trinajstić information content (AvgIpc) is 2.96. The highest BCUT2D eigenvalue weighted by atomic mass is 14.7. The first-order chi connectivity index (χ1) is 10.9. The van der Waals surface area contributed by atoms with Gasteiger partial charge < -0.3 is 4.98 Å². The zero-order valence-electron chi connectivity index (χ0n) is 12.1. The number of para-hydroxylation sites is 2. The molecule has 0 atom stereocenters. The van der Waals surface area contributed by atoms with Gasteiger partial charge in [0.1, 0.15) is 0 Å². The fourth-order valence-corrected chi connectivity index (χ4v) is 2.79. The predicted octanol–water partition coefficient (Wildman–Crippen LogP) is 5.65. The second kappa shape index (κ2) is 5.40. The third-order valence-electron chi connectivity index (χ3n) is 3.86. The van der Waals surface area contributed by atoms with E-state index in [1.54, 1.807) is 0 Å². The molecule has 0 amide bonds. The van der Waals surface area contributed by atoms with Crippen LogP contribution in [0.3, 0.4) is 0 Å². The van der Waals surface area contributed by atoms with E-state index in [-0.39, 0.29) is 0 Å². The lowest BCUT2D eigenvalue weighted by Gasteiger charge is -1.95. The van der Waals surface area contributed by atoms with Gasteiger partial charge in [-0.3, -0.25) is 0 Å². The van der Waals surface area contributed by atoms with Crippen molar-refractivity contribution in [2.45, 2.75) is 0 Å². The monoisotopic (exact) mass is 281 g/mol. The lowest BCUT2D eigenvalue weighted by molar-refractivity contribution is 1.53. The van der Waals surface area contributed by atoms with Gasteiger partial charge in [0.2, 0.25) is 0 Å². The summed E-state index contributed by atoms with van der Waals surface area (Å²) >= 11 is 0. The van der Waals surface area contributed by atoms with Crippen molar-refractivity contribution in [1.82, 2.24) is 4.98 Å². The summed E-state index contributed by atoms with van der Waals surface area (Å²) in [5.41, 5.74) is 7.93. The van der Waals surface area contributed by atoms with Crippen LogP contribution in [0.4, 0.5) is 0 Å².